The Morgan fingerprint density at radius 3 is 3.00 bits per heavy atom. The molecule has 1 saturated carbocycles. The van der Waals surface area contributed by atoms with Crippen LogP contribution in [-0.4, -0.2) is 35.5 Å². The molecule has 1 fully saturated rings. The Morgan fingerprint density at radius 2 is 2.35 bits per heavy atom. The van der Waals surface area contributed by atoms with Gasteiger partial charge >= 0.3 is 0 Å². The van der Waals surface area contributed by atoms with Crippen LogP contribution in [0.25, 0.3) is 0 Å². The van der Waals surface area contributed by atoms with Crippen molar-refractivity contribution >= 4 is 0 Å². The summed E-state index contributed by atoms with van der Waals surface area (Å²) in [6.07, 6.45) is 7.09. The molecule has 1 aliphatic rings. The molecule has 0 bridgehead atoms. The lowest BCUT2D eigenvalue weighted by molar-refractivity contribution is -0.00972. The highest BCUT2D eigenvalue weighted by Crippen LogP contribution is 2.23. The molecule has 17 heavy (non-hydrogen) atoms. The number of aromatic nitrogens is 2. The molecule has 1 aliphatic carbocycles. The van der Waals surface area contributed by atoms with Gasteiger partial charge in [0, 0.05) is 18.3 Å². The maximum Gasteiger partial charge on any atom is 0.0604 e. The molecule has 0 spiro atoms. The molecular formula is C13H23N3O. The number of aromatic amines is 1. The summed E-state index contributed by atoms with van der Waals surface area (Å²) < 4.78 is 5.54. The first-order valence-electron chi connectivity index (χ1n) is 6.63. The molecule has 2 N–H and O–H groups in total. The van der Waals surface area contributed by atoms with Crippen molar-refractivity contribution in [1.29, 1.82) is 0 Å². The molecule has 0 saturated heterocycles. The summed E-state index contributed by atoms with van der Waals surface area (Å²) in [5, 5.41) is 10.6. The summed E-state index contributed by atoms with van der Waals surface area (Å²) in [6, 6.07) is 0.678. The molecule has 2 rings (SSSR count). The van der Waals surface area contributed by atoms with Gasteiger partial charge in [-0.3, -0.25) is 5.10 Å². The van der Waals surface area contributed by atoms with Gasteiger partial charge in [-0.25, -0.2) is 0 Å². The highest BCUT2D eigenvalue weighted by molar-refractivity contribution is 5.14. The second-order valence-corrected chi connectivity index (χ2v) is 4.82. The van der Waals surface area contributed by atoms with Gasteiger partial charge < -0.3 is 10.1 Å². The number of aryl methyl sites for hydroxylation is 2. The maximum absolute atomic E-state index is 5.54. The SMILES string of the molecule is CCOC1CC(NCCCc2cn[nH]c2C)C1. The first-order chi connectivity index (χ1) is 8.29. The van der Waals surface area contributed by atoms with E-state index in [1.54, 1.807) is 0 Å². The van der Waals surface area contributed by atoms with E-state index in [-0.39, 0.29) is 0 Å². The van der Waals surface area contributed by atoms with Crippen molar-refractivity contribution in [2.24, 2.45) is 0 Å². The molecular weight excluding hydrogens is 214 g/mol. The van der Waals surface area contributed by atoms with Gasteiger partial charge in [0.2, 0.25) is 0 Å². The van der Waals surface area contributed by atoms with E-state index in [2.05, 4.69) is 29.4 Å². The third kappa shape index (κ3) is 3.54. The molecule has 4 nitrogen and oxygen atoms in total. The van der Waals surface area contributed by atoms with Crippen LogP contribution in [0.15, 0.2) is 6.20 Å². The number of hydrogen-bond donors (Lipinski definition) is 2. The normalized spacial score (nSPS) is 23.6. The predicted octanol–water partition coefficient (Wildman–Crippen LogP) is 1.81. The van der Waals surface area contributed by atoms with Gasteiger partial charge in [0.1, 0.15) is 0 Å². The van der Waals surface area contributed by atoms with Crippen molar-refractivity contribution in [2.45, 2.75) is 51.7 Å². The van der Waals surface area contributed by atoms with Crippen LogP contribution < -0.4 is 5.32 Å². The summed E-state index contributed by atoms with van der Waals surface area (Å²) in [5.41, 5.74) is 2.54. The zero-order valence-corrected chi connectivity index (χ0v) is 10.8. The van der Waals surface area contributed by atoms with Crippen LogP contribution in [0.2, 0.25) is 0 Å². The standard InChI is InChI=1S/C13H23N3O/c1-3-17-13-7-12(8-13)14-6-4-5-11-9-15-16-10(11)2/h9,12-14H,3-8H2,1-2H3,(H,15,16). The second kappa shape index (κ2) is 6.17. The molecule has 0 aromatic carbocycles. The van der Waals surface area contributed by atoms with E-state index in [9.17, 15) is 0 Å². The smallest absolute Gasteiger partial charge is 0.0604 e. The monoisotopic (exact) mass is 237 g/mol. The second-order valence-electron chi connectivity index (χ2n) is 4.82. The average Bonchev–Trinajstić information content (AvgIpc) is 2.66. The summed E-state index contributed by atoms with van der Waals surface area (Å²) in [6.45, 7) is 6.08. The van der Waals surface area contributed by atoms with E-state index in [0.717, 1.165) is 19.6 Å². The van der Waals surface area contributed by atoms with Gasteiger partial charge in [0.25, 0.3) is 0 Å². The van der Waals surface area contributed by atoms with Gasteiger partial charge in [0.05, 0.1) is 12.3 Å². The van der Waals surface area contributed by atoms with Crippen LogP contribution in [0.4, 0.5) is 0 Å². The molecule has 0 unspecified atom stereocenters. The Bertz CT molecular complexity index is 331. The molecule has 1 aromatic rings. The van der Waals surface area contributed by atoms with Gasteiger partial charge in [-0.05, 0) is 51.6 Å². The molecule has 96 valence electrons. The molecule has 0 amide bonds. The molecule has 0 aliphatic heterocycles. The summed E-state index contributed by atoms with van der Waals surface area (Å²) >= 11 is 0. The maximum atomic E-state index is 5.54. The third-order valence-electron chi connectivity index (χ3n) is 3.49. The van der Waals surface area contributed by atoms with Crippen molar-refractivity contribution in [2.75, 3.05) is 13.2 Å². The van der Waals surface area contributed by atoms with E-state index in [0.29, 0.717) is 12.1 Å². The minimum absolute atomic E-state index is 0.508. The summed E-state index contributed by atoms with van der Waals surface area (Å²) in [5.74, 6) is 0. The topological polar surface area (TPSA) is 49.9 Å². The van der Waals surface area contributed by atoms with Crippen molar-refractivity contribution in [3.63, 3.8) is 0 Å². The first-order valence-corrected chi connectivity index (χ1v) is 6.63. The highest BCUT2D eigenvalue weighted by atomic mass is 16.5. The average molecular weight is 237 g/mol. The number of hydrogen-bond acceptors (Lipinski definition) is 3. The molecule has 0 atom stereocenters. The van der Waals surface area contributed by atoms with E-state index >= 15 is 0 Å². The Balaban J connectivity index is 1.52. The molecule has 1 aromatic heterocycles. The lowest BCUT2D eigenvalue weighted by Crippen LogP contribution is -2.45. The number of H-pyrrole nitrogens is 1. The van der Waals surface area contributed by atoms with Crippen LogP contribution >= 0.6 is 0 Å². The predicted molar refractivity (Wildman–Crippen MR) is 68.1 cm³/mol. The molecule has 0 radical (unpaired) electrons. The number of rotatable bonds is 7. The van der Waals surface area contributed by atoms with Crippen molar-refractivity contribution in [3.05, 3.63) is 17.5 Å². The van der Waals surface area contributed by atoms with E-state index in [4.69, 9.17) is 4.74 Å². The summed E-state index contributed by atoms with van der Waals surface area (Å²) in [4.78, 5) is 0. The van der Waals surface area contributed by atoms with Gasteiger partial charge in [-0.1, -0.05) is 0 Å². The van der Waals surface area contributed by atoms with Crippen LogP contribution in [-0.2, 0) is 11.2 Å². The first kappa shape index (κ1) is 12.6. The molecule has 1 heterocycles. The Labute approximate surface area is 103 Å². The lowest BCUT2D eigenvalue weighted by atomic mass is 9.89. The summed E-state index contributed by atoms with van der Waals surface area (Å²) in [7, 11) is 0. The number of nitrogens with zero attached hydrogens (tertiary/aromatic N) is 1. The minimum atomic E-state index is 0.508. The van der Waals surface area contributed by atoms with E-state index in [1.165, 1.54) is 30.5 Å². The molecule has 4 heteroatoms. The number of nitrogens with one attached hydrogen (secondary N) is 2. The van der Waals surface area contributed by atoms with E-state index < -0.39 is 0 Å². The van der Waals surface area contributed by atoms with Gasteiger partial charge in [0.15, 0.2) is 0 Å². The fraction of sp³-hybridized carbons (Fsp3) is 0.769. The van der Waals surface area contributed by atoms with Crippen LogP contribution in [0.3, 0.4) is 0 Å². The van der Waals surface area contributed by atoms with Crippen LogP contribution in [0.5, 0.6) is 0 Å². The lowest BCUT2D eigenvalue weighted by Gasteiger charge is -2.35. The highest BCUT2D eigenvalue weighted by Gasteiger charge is 2.28. The fourth-order valence-electron chi connectivity index (χ4n) is 2.32. The quantitative estimate of drug-likeness (QED) is 0.711. The van der Waals surface area contributed by atoms with Gasteiger partial charge in [-0.15, -0.1) is 0 Å². The largest absolute Gasteiger partial charge is 0.378 e. The minimum Gasteiger partial charge on any atom is -0.378 e. The zero-order valence-electron chi connectivity index (χ0n) is 10.8. The van der Waals surface area contributed by atoms with Crippen molar-refractivity contribution in [3.8, 4) is 0 Å². The van der Waals surface area contributed by atoms with Crippen LogP contribution in [0, 0.1) is 6.92 Å². The van der Waals surface area contributed by atoms with Crippen molar-refractivity contribution < 1.29 is 4.74 Å². The van der Waals surface area contributed by atoms with Crippen LogP contribution in [0.1, 0.15) is 37.4 Å². The van der Waals surface area contributed by atoms with E-state index in [1.807, 2.05) is 6.20 Å². The fourth-order valence-corrected chi connectivity index (χ4v) is 2.32. The van der Waals surface area contributed by atoms with Gasteiger partial charge in [-0.2, -0.15) is 5.10 Å². The Morgan fingerprint density at radius 1 is 1.53 bits per heavy atom. The third-order valence-corrected chi connectivity index (χ3v) is 3.49. The Kier molecular flexibility index (Phi) is 4.57. The Hall–Kier alpha value is -0.870. The number of ether oxygens (including phenoxy) is 1. The van der Waals surface area contributed by atoms with Crippen molar-refractivity contribution in [1.82, 2.24) is 15.5 Å². The zero-order chi connectivity index (χ0) is 12.1.